The van der Waals surface area contributed by atoms with Crippen molar-refractivity contribution in [1.82, 2.24) is 49.9 Å². The smallest absolute Gasteiger partial charge is 0.410 e. The minimum atomic E-state index is -4.34. The van der Waals surface area contributed by atoms with Crippen molar-refractivity contribution in [3.8, 4) is 0 Å². The molecule has 2 aliphatic rings. The molecule has 77 heavy (non-hydrogen) atoms. The quantitative estimate of drug-likeness (QED) is 0.117. The third-order valence-corrected chi connectivity index (χ3v) is 13.2. The molecule has 2 saturated heterocycles. The number of thiophene rings is 3. The number of aromatic carboxylic acids is 1. The van der Waals surface area contributed by atoms with E-state index in [1.807, 2.05) is 20.8 Å². The summed E-state index contributed by atoms with van der Waals surface area (Å²) in [4.78, 5) is 87.0. The number of fused-ring (bicyclic) bond motifs is 3. The molecule has 0 unspecified atom stereocenters. The SMILES string of the molecule is C.CC(C)(C)OC(=O)N1CCN(C(=O)c2ncnc3sc(CC(F)(F)F)cc23)CC1.CC(C)(C)OC(=O)N1CCNCC1.O=C(Cl)c1ncnc2sc(CC(F)(F)F)cc12.O=C(O)c1ncnc2sc(CC(F)(F)F)cc12. The maximum Gasteiger partial charge on any atom is 0.410 e. The van der Waals surface area contributed by atoms with Crippen LogP contribution in [-0.2, 0) is 28.7 Å². The van der Waals surface area contributed by atoms with E-state index in [4.69, 9.17) is 26.2 Å². The first-order chi connectivity index (χ1) is 35.1. The molecule has 8 rings (SSSR count). The topological polar surface area (TPSA) is 223 Å². The molecular weight excluding hydrogens is 1120 g/mol. The molecule has 8 heterocycles. The first kappa shape index (κ1) is 63.4. The van der Waals surface area contributed by atoms with Gasteiger partial charge in [0.2, 0.25) is 0 Å². The monoisotopic (exact) mass is 1170 g/mol. The van der Waals surface area contributed by atoms with E-state index >= 15 is 0 Å². The van der Waals surface area contributed by atoms with Crippen LogP contribution < -0.4 is 5.32 Å². The zero-order valence-electron chi connectivity index (χ0n) is 41.1. The van der Waals surface area contributed by atoms with Crippen LogP contribution in [0.2, 0.25) is 0 Å². The van der Waals surface area contributed by atoms with Gasteiger partial charge in [0.15, 0.2) is 5.69 Å². The molecule has 0 atom stereocenters. The summed E-state index contributed by atoms with van der Waals surface area (Å²) in [5, 5.41) is 11.9. The molecule has 422 valence electrons. The van der Waals surface area contributed by atoms with E-state index in [1.165, 1.54) is 34.3 Å². The Morgan fingerprint density at radius 1 is 0.545 bits per heavy atom. The van der Waals surface area contributed by atoms with Crippen LogP contribution in [0, 0.1) is 0 Å². The molecule has 0 spiro atoms. The number of carbonyl (C=O) groups is 5. The van der Waals surface area contributed by atoms with Crippen LogP contribution in [0.5, 0.6) is 0 Å². The zero-order valence-corrected chi connectivity index (χ0v) is 44.3. The molecule has 18 nitrogen and oxygen atoms in total. The van der Waals surface area contributed by atoms with Crippen LogP contribution in [0.3, 0.4) is 0 Å². The van der Waals surface area contributed by atoms with E-state index in [0.29, 0.717) is 28.1 Å². The number of nitrogens with one attached hydrogen (secondary N) is 1. The number of carboxylic acids is 1. The number of hydrogen-bond acceptors (Lipinski definition) is 17. The van der Waals surface area contributed by atoms with Crippen LogP contribution in [0.25, 0.3) is 30.6 Å². The first-order valence-electron chi connectivity index (χ1n) is 22.4. The Labute approximate surface area is 451 Å². The van der Waals surface area contributed by atoms with Gasteiger partial charge in [-0.2, -0.15) is 39.5 Å². The predicted molar refractivity (Wildman–Crippen MR) is 270 cm³/mol. The van der Waals surface area contributed by atoms with Crippen LogP contribution in [-0.4, -0.2) is 161 Å². The molecule has 0 aromatic carbocycles. The van der Waals surface area contributed by atoms with Crippen LogP contribution >= 0.6 is 45.6 Å². The molecule has 2 fully saturated rings. The van der Waals surface area contributed by atoms with Gasteiger partial charge in [0.25, 0.3) is 11.1 Å². The number of aromatic nitrogens is 6. The molecule has 2 aliphatic heterocycles. The highest BCUT2D eigenvalue weighted by Gasteiger charge is 2.33. The highest BCUT2D eigenvalue weighted by atomic mass is 35.5. The number of nitrogens with zero attached hydrogens (tertiary/aromatic N) is 9. The van der Waals surface area contributed by atoms with E-state index in [0.717, 1.165) is 72.8 Å². The number of amides is 3. The van der Waals surface area contributed by atoms with Crippen molar-refractivity contribution < 1.29 is 78.1 Å². The van der Waals surface area contributed by atoms with Gasteiger partial charge in [-0.15, -0.1) is 34.0 Å². The standard InChI is InChI=1S/C18H21F3N4O3S.C9H4ClF3N2OS.C9H5F3N2O2S.C9H18N2O2.CH4/c1-17(2,3)28-16(27)25-6-4-24(5-7-25)15(26)13-12-8-11(9-18(19,20)21)29-14(12)23-10-22-13;10-7(16)6-5-1-4(2-9(11,12)13)17-8(5)15-3-14-6;10-9(11,12)2-4-1-5-6(8(15)16)13-3-14-7(5)17-4;1-9(2,3)13-8(12)11-6-4-10-5-7-11;/h8,10H,4-7,9H2,1-3H3;1,3H,2H2;1,3H,2H2,(H,15,16);10H,4-7H2,1-3H3;1H4. The summed E-state index contributed by atoms with van der Waals surface area (Å²) < 4.78 is 122. The van der Waals surface area contributed by atoms with Crippen molar-refractivity contribution in [1.29, 1.82) is 0 Å². The first-order valence-corrected chi connectivity index (χ1v) is 25.3. The maximum absolute atomic E-state index is 12.9. The number of rotatable bonds is 6. The van der Waals surface area contributed by atoms with Crippen molar-refractivity contribution >= 4 is 106 Å². The molecule has 0 radical (unpaired) electrons. The van der Waals surface area contributed by atoms with E-state index in [2.05, 4.69) is 35.2 Å². The van der Waals surface area contributed by atoms with E-state index in [1.54, 1.807) is 25.7 Å². The summed E-state index contributed by atoms with van der Waals surface area (Å²) in [6.07, 6.45) is -13.5. The third kappa shape index (κ3) is 20.0. The summed E-state index contributed by atoms with van der Waals surface area (Å²) in [5.41, 5.74) is -1.27. The average Bonchev–Trinajstić information content (AvgIpc) is 4.02. The second-order valence-electron chi connectivity index (χ2n) is 18.4. The Bertz CT molecular complexity index is 2910. The minimum absolute atomic E-state index is 0. The van der Waals surface area contributed by atoms with Gasteiger partial charge in [-0.05, 0) is 71.3 Å². The Morgan fingerprint density at radius 3 is 1.22 bits per heavy atom. The van der Waals surface area contributed by atoms with Crippen molar-refractivity contribution in [2.45, 2.75) is 98.0 Å². The van der Waals surface area contributed by atoms with Crippen molar-refractivity contribution in [3.63, 3.8) is 0 Å². The van der Waals surface area contributed by atoms with Gasteiger partial charge in [0, 0.05) is 83.1 Å². The zero-order chi connectivity index (χ0) is 56.6. The third-order valence-electron chi connectivity index (χ3n) is 9.84. The molecular formula is C46H52ClF9N10O8S3. The lowest BCUT2D eigenvalue weighted by Gasteiger charge is -2.35. The lowest BCUT2D eigenvalue weighted by Crippen LogP contribution is -2.51. The fraction of sp³-hybridized carbons (Fsp3) is 0.500. The van der Waals surface area contributed by atoms with Crippen molar-refractivity contribution in [3.05, 3.63) is 68.9 Å². The summed E-state index contributed by atoms with van der Waals surface area (Å²) >= 11 is 7.87. The highest BCUT2D eigenvalue weighted by Crippen LogP contribution is 2.34. The lowest BCUT2D eigenvalue weighted by atomic mass is 10.2. The molecule has 6 aromatic rings. The van der Waals surface area contributed by atoms with Gasteiger partial charge in [-0.3, -0.25) is 9.59 Å². The Morgan fingerprint density at radius 2 is 0.870 bits per heavy atom. The molecule has 0 saturated carbocycles. The van der Waals surface area contributed by atoms with Crippen LogP contribution in [0.4, 0.5) is 49.1 Å². The number of carboxylic acid groups (broad SMARTS) is 1. The van der Waals surface area contributed by atoms with Crippen molar-refractivity contribution in [2.75, 3.05) is 52.4 Å². The molecule has 3 amide bonds. The van der Waals surface area contributed by atoms with Gasteiger partial charge in [-0.1, -0.05) is 7.43 Å². The Hall–Kier alpha value is -6.11. The van der Waals surface area contributed by atoms with Crippen LogP contribution in [0.1, 0.15) is 95.1 Å². The lowest BCUT2D eigenvalue weighted by molar-refractivity contribution is -0.127. The van der Waals surface area contributed by atoms with E-state index < -0.39 is 66.6 Å². The molecule has 31 heteroatoms. The predicted octanol–water partition coefficient (Wildman–Crippen LogP) is 10.6. The van der Waals surface area contributed by atoms with Gasteiger partial charge in [0.05, 0.1) is 19.3 Å². The Balaban J connectivity index is 0.000000232. The molecule has 0 bridgehead atoms. The molecule has 6 aromatic heterocycles. The van der Waals surface area contributed by atoms with Crippen molar-refractivity contribution in [2.24, 2.45) is 0 Å². The number of halogens is 10. The second kappa shape index (κ2) is 26.0. The van der Waals surface area contributed by atoms with Gasteiger partial charge in [0.1, 0.15) is 56.1 Å². The summed E-state index contributed by atoms with van der Waals surface area (Å²) in [7, 11) is 0. The number of alkyl halides is 9. The summed E-state index contributed by atoms with van der Waals surface area (Å²) in [5.74, 6) is -1.67. The largest absolute Gasteiger partial charge is 0.476 e. The maximum atomic E-state index is 12.9. The van der Waals surface area contributed by atoms with Gasteiger partial charge < -0.3 is 34.6 Å². The normalized spacial score (nSPS) is 14.3. The minimum Gasteiger partial charge on any atom is -0.476 e. The van der Waals surface area contributed by atoms with E-state index in [9.17, 15) is 63.5 Å². The average molecular weight is 1180 g/mol. The molecule has 2 N–H and O–H groups in total. The fourth-order valence-corrected chi connectivity index (χ4v) is 10.0. The fourth-order valence-electron chi connectivity index (χ4n) is 6.81. The van der Waals surface area contributed by atoms with Gasteiger partial charge >= 0.3 is 36.7 Å². The van der Waals surface area contributed by atoms with E-state index in [-0.39, 0.29) is 79.5 Å². The molecule has 0 aliphatic carbocycles. The Kier molecular flexibility index (Phi) is 21.4. The summed E-state index contributed by atoms with van der Waals surface area (Å²) in [6, 6.07) is 3.76. The number of hydrogen-bond donors (Lipinski definition) is 2. The second-order valence-corrected chi connectivity index (χ2v) is 22.1. The number of carbonyl (C=O) groups excluding carboxylic acids is 4. The highest BCUT2D eigenvalue weighted by molar-refractivity contribution is 7.19. The number of ether oxygens (including phenoxy) is 2. The van der Waals surface area contributed by atoms with Gasteiger partial charge in [-0.25, -0.2) is 44.3 Å². The number of piperazine rings is 2. The summed E-state index contributed by atoms with van der Waals surface area (Å²) in [6.45, 7) is 15.4. The van der Waals surface area contributed by atoms with Crippen LogP contribution in [0.15, 0.2) is 37.2 Å².